The normalized spacial score (nSPS) is 23.2. The van der Waals surface area contributed by atoms with E-state index in [1.54, 1.807) is 6.07 Å². The number of halogens is 1. The lowest BCUT2D eigenvalue weighted by Gasteiger charge is -2.38. The van der Waals surface area contributed by atoms with Gasteiger partial charge < -0.3 is 10.2 Å². The second-order valence-corrected chi connectivity index (χ2v) is 8.17. The third-order valence-corrected chi connectivity index (χ3v) is 6.19. The number of aryl methyl sites for hydroxylation is 1. The first-order chi connectivity index (χ1) is 13.5. The summed E-state index contributed by atoms with van der Waals surface area (Å²) < 4.78 is 13.6. The molecule has 1 heterocycles. The number of carbonyl (C=O) groups is 1. The molecule has 2 aliphatic rings. The van der Waals surface area contributed by atoms with Crippen LogP contribution in [0, 0.1) is 30.0 Å². The van der Waals surface area contributed by atoms with Gasteiger partial charge in [0.15, 0.2) is 0 Å². The van der Waals surface area contributed by atoms with Gasteiger partial charge in [-0.25, -0.2) is 4.39 Å². The molecule has 1 aromatic rings. The topological polar surface area (TPSA) is 59.4 Å². The minimum atomic E-state index is -0.164. The van der Waals surface area contributed by atoms with Crippen molar-refractivity contribution in [3.05, 3.63) is 29.6 Å². The summed E-state index contributed by atoms with van der Waals surface area (Å²) in [5, 5.41) is 11.5. The van der Waals surface area contributed by atoms with Crippen molar-refractivity contribution in [2.75, 3.05) is 37.6 Å². The van der Waals surface area contributed by atoms with Crippen LogP contribution in [0.2, 0.25) is 0 Å². The van der Waals surface area contributed by atoms with Crippen LogP contribution in [0.4, 0.5) is 10.1 Å². The summed E-state index contributed by atoms with van der Waals surface area (Å²) in [7, 11) is 0. The number of anilines is 1. The van der Waals surface area contributed by atoms with Crippen LogP contribution in [0.15, 0.2) is 18.2 Å². The molecule has 0 aromatic heterocycles. The molecule has 5 nitrogen and oxygen atoms in total. The van der Waals surface area contributed by atoms with Gasteiger partial charge in [-0.3, -0.25) is 9.69 Å². The Labute approximate surface area is 167 Å². The monoisotopic (exact) mass is 386 g/mol. The molecule has 3 rings (SSSR count). The first-order valence-electron chi connectivity index (χ1n) is 10.4. The molecule has 1 aliphatic carbocycles. The number of nitriles is 1. The largest absolute Gasteiger partial charge is 0.369 e. The summed E-state index contributed by atoms with van der Waals surface area (Å²) in [6.07, 6.45) is 5.52. The van der Waals surface area contributed by atoms with Crippen molar-refractivity contribution in [1.82, 2.24) is 10.2 Å². The Hall–Kier alpha value is -2.13. The van der Waals surface area contributed by atoms with Gasteiger partial charge in [-0.05, 0) is 69.2 Å². The summed E-state index contributed by atoms with van der Waals surface area (Å²) in [5.74, 6) is 0.424. The van der Waals surface area contributed by atoms with E-state index < -0.39 is 0 Å². The van der Waals surface area contributed by atoms with Crippen molar-refractivity contribution in [3.63, 3.8) is 0 Å². The zero-order valence-corrected chi connectivity index (χ0v) is 16.8. The van der Waals surface area contributed by atoms with Crippen molar-refractivity contribution in [2.24, 2.45) is 5.92 Å². The zero-order chi connectivity index (χ0) is 19.9. The molecule has 1 saturated carbocycles. The second-order valence-electron chi connectivity index (χ2n) is 8.17. The number of nitrogens with one attached hydrogen (secondary N) is 1. The lowest BCUT2D eigenvalue weighted by molar-refractivity contribution is -0.121. The van der Waals surface area contributed by atoms with Crippen LogP contribution in [-0.4, -0.2) is 49.6 Å². The van der Waals surface area contributed by atoms with Crippen molar-refractivity contribution in [2.45, 2.75) is 51.5 Å². The predicted octanol–water partition coefficient (Wildman–Crippen LogP) is 3.23. The SMILES string of the molecule is Cc1ccc(F)cc1N1CCN(CC[C@H]2CC[C@H](NC(=O)CC#N)CC2)CC1. The van der Waals surface area contributed by atoms with Gasteiger partial charge in [0.1, 0.15) is 12.2 Å². The van der Waals surface area contributed by atoms with Crippen molar-refractivity contribution in [3.8, 4) is 6.07 Å². The van der Waals surface area contributed by atoms with Crippen LogP contribution >= 0.6 is 0 Å². The molecule has 0 radical (unpaired) electrons. The van der Waals surface area contributed by atoms with E-state index in [4.69, 9.17) is 5.26 Å². The lowest BCUT2D eigenvalue weighted by Crippen LogP contribution is -2.47. The van der Waals surface area contributed by atoms with E-state index in [1.807, 2.05) is 19.1 Å². The predicted molar refractivity (Wildman–Crippen MR) is 109 cm³/mol. The standard InChI is InChI=1S/C22H31FN4O/c1-17-2-5-19(23)16-21(17)27-14-12-26(13-15-27)11-9-18-3-6-20(7-4-18)25-22(28)8-10-24/h2,5,16,18,20H,3-4,6-9,11-15H2,1H3,(H,25,28)/t18-,20-. The van der Waals surface area contributed by atoms with Crippen LogP contribution in [0.1, 0.15) is 44.1 Å². The highest BCUT2D eigenvalue weighted by Crippen LogP contribution is 2.28. The quantitative estimate of drug-likeness (QED) is 0.815. The van der Waals surface area contributed by atoms with Gasteiger partial charge >= 0.3 is 0 Å². The summed E-state index contributed by atoms with van der Waals surface area (Å²) >= 11 is 0. The summed E-state index contributed by atoms with van der Waals surface area (Å²) in [6.45, 7) is 7.10. The lowest BCUT2D eigenvalue weighted by atomic mass is 9.84. The number of nitrogens with zero attached hydrogens (tertiary/aromatic N) is 3. The molecular weight excluding hydrogens is 355 g/mol. The molecule has 0 bridgehead atoms. The number of hydrogen-bond donors (Lipinski definition) is 1. The number of rotatable bonds is 6. The van der Waals surface area contributed by atoms with Crippen molar-refractivity contribution < 1.29 is 9.18 Å². The van der Waals surface area contributed by atoms with Gasteiger partial charge in [0.2, 0.25) is 5.91 Å². The Kier molecular flexibility index (Phi) is 7.27. The second kappa shape index (κ2) is 9.88. The number of piperazine rings is 1. The maximum Gasteiger partial charge on any atom is 0.234 e. The van der Waals surface area contributed by atoms with Gasteiger partial charge in [-0.2, -0.15) is 5.26 Å². The highest BCUT2D eigenvalue weighted by molar-refractivity contribution is 5.78. The third-order valence-electron chi connectivity index (χ3n) is 6.19. The van der Waals surface area contributed by atoms with Gasteiger partial charge in [-0.15, -0.1) is 0 Å². The van der Waals surface area contributed by atoms with Gasteiger partial charge in [0.25, 0.3) is 0 Å². The van der Waals surface area contributed by atoms with Gasteiger partial charge in [0, 0.05) is 37.9 Å². The number of hydrogen-bond acceptors (Lipinski definition) is 4. The average molecular weight is 387 g/mol. The third kappa shape index (κ3) is 5.68. The summed E-state index contributed by atoms with van der Waals surface area (Å²) in [4.78, 5) is 16.3. The molecule has 1 amide bonds. The number of carbonyl (C=O) groups excluding carboxylic acids is 1. The Balaban J connectivity index is 1.36. The molecule has 2 fully saturated rings. The minimum absolute atomic E-state index is 0.0406. The summed E-state index contributed by atoms with van der Waals surface area (Å²) in [6, 6.07) is 7.18. The molecule has 0 atom stereocenters. The van der Waals surface area contributed by atoms with Gasteiger partial charge in [0.05, 0.1) is 6.07 Å². The van der Waals surface area contributed by atoms with E-state index in [0.717, 1.165) is 75.6 Å². The van der Waals surface area contributed by atoms with Gasteiger partial charge in [-0.1, -0.05) is 6.07 Å². The molecule has 6 heteroatoms. The zero-order valence-electron chi connectivity index (χ0n) is 16.8. The average Bonchev–Trinajstić information content (AvgIpc) is 2.70. The molecule has 1 N–H and O–H groups in total. The molecule has 1 saturated heterocycles. The Morgan fingerprint density at radius 2 is 1.93 bits per heavy atom. The fourth-order valence-electron chi connectivity index (χ4n) is 4.45. The molecule has 0 spiro atoms. The molecule has 152 valence electrons. The van der Waals surface area contributed by atoms with Crippen LogP contribution in [0.3, 0.4) is 0 Å². The minimum Gasteiger partial charge on any atom is -0.369 e. The van der Waals surface area contributed by atoms with Crippen LogP contribution in [-0.2, 0) is 4.79 Å². The molecule has 1 aliphatic heterocycles. The van der Waals surface area contributed by atoms with Crippen molar-refractivity contribution >= 4 is 11.6 Å². The van der Waals surface area contributed by atoms with E-state index in [0.29, 0.717) is 0 Å². The number of benzene rings is 1. The highest BCUT2D eigenvalue weighted by Gasteiger charge is 2.24. The van der Waals surface area contributed by atoms with E-state index in [-0.39, 0.29) is 24.2 Å². The summed E-state index contributed by atoms with van der Waals surface area (Å²) in [5.41, 5.74) is 2.16. The fourth-order valence-corrected chi connectivity index (χ4v) is 4.45. The van der Waals surface area contributed by atoms with E-state index in [9.17, 15) is 9.18 Å². The van der Waals surface area contributed by atoms with E-state index >= 15 is 0 Å². The first kappa shape index (κ1) is 20.6. The maximum absolute atomic E-state index is 13.6. The van der Waals surface area contributed by atoms with Crippen LogP contribution in [0.25, 0.3) is 0 Å². The Morgan fingerprint density at radius 1 is 1.21 bits per heavy atom. The molecule has 28 heavy (non-hydrogen) atoms. The highest BCUT2D eigenvalue weighted by atomic mass is 19.1. The maximum atomic E-state index is 13.6. The molecule has 1 aromatic carbocycles. The molecule has 0 unspecified atom stereocenters. The van der Waals surface area contributed by atoms with E-state index in [2.05, 4.69) is 15.1 Å². The Bertz CT molecular complexity index is 701. The smallest absolute Gasteiger partial charge is 0.234 e. The first-order valence-corrected chi connectivity index (χ1v) is 10.4. The Morgan fingerprint density at radius 3 is 2.61 bits per heavy atom. The molecular formula is C22H31FN4O. The number of amides is 1. The fraction of sp³-hybridized carbons (Fsp3) is 0.636. The van der Waals surface area contributed by atoms with Crippen LogP contribution < -0.4 is 10.2 Å². The van der Waals surface area contributed by atoms with Crippen LogP contribution in [0.5, 0.6) is 0 Å². The van der Waals surface area contributed by atoms with E-state index in [1.165, 1.54) is 12.5 Å². The van der Waals surface area contributed by atoms with Crippen molar-refractivity contribution in [1.29, 1.82) is 5.26 Å².